The van der Waals surface area contributed by atoms with Crippen LogP contribution in [-0.2, 0) is 14.3 Å². The van der Waals surface area contributed by atoms with Crippen LogP contribution in [0.3, 0.4) is 0 Å². The van der Waals surface area contributed by atoms with Gasteiger partial charge in [-0.1, -0.05) is 58.5 Å². The summed E-state index contributed by atoms with van der Waals surface area (Å²) in [5.74, 6) is 3.62. The second-order valence-corrected chi connectivity index (χ2v) is 13.2. The average molecular weight is 373 g/mol. The molecule has 5 atom stereocenters. The highest BCUT2D eigenvalue weighted by atomic mass is 28.3. The molecule has 0 radical (unpaired) electrons. The second-order valence-electron chi connectivity index (χ2n) is 8.42. The molecule has 0 spiro atoms. The Morgan fingerprint density at radius 2 is 1.77 bits per heavy atom. The van der Waals surface area contributed by atoms with Gasteiger partial charge in [0.1, 0.15) is 20.3 Å². The van der Waals surface area contributed by atoms with Gasteiger partial charge in [-0.05, 0) is 30.0 Å². The molecule has 1 heterocycles. The van der Waals surface area contributed by atoms with Crippen LogP contribution in [0.2, 0.25) is 19.6 Å². The van der Waals surface area contributed by atoms with Crippen molar-refractivity contribution >= 4 is 14.0 Å². The van der Waals surface area contributed by atoms with Crippen molar-refractivity contribution in [3.8, 4) is 11.5 Å². The van der Waals surface area contributed by atoms with Crippen molar-refractivity contribution in [2.24, 2.45) is 11.8 Å². The second kappa shape index (κ2) is 8.41. The van der Waals surface area contributed by atoms with Gasteiger partial charge in [0.15, 0.2) is 0 Å². The Balaban J connectivity index is 2.29. The van der Waals surface area contributed by atoms with Crippen LogP contribution in [0.25, 0.3) is 0 Å². The van der Waals surface area contributed by atoms with E-state index < -0.39 is 8.07 Å². The molecule has 0 N–H and O–H groups in total. The summed E-state index contributed by atoms with van der Waals surface area (Å²) in [7, 11) is -1.39. The van der Waals surface area contributed by atoms with E-state index in [0.29, 0.717) is 5.92 Å². The fraction of sp³-hybridized carbons (Fsp3) is 0.591. The molecule has 0 aliphatic carbocycles. The van der Waals surface area contributed by atoms with Crippen molar-refractivity contribution < 1.29 is 14.3 Å². The Morgan fingerprint density at radius 3 is 2.27 bits per heavy atom. The first-order valence-electron chi connectivity index (χ1n) is 9.58. The SMILES string of the molecule is CC[C@H]1O[C@H](c2ccc(C#C[Si](C)(C)C)cc2)[C@@H](OC(C)=O)[C@@H](C)[C@@H]1C. The van der Waals surface area contributed by atoms with Gasteiger partial charge in [0.05, 0.1) is 6.10 Å². The Bertz CT molecular complexity index is 678. The van der Waals surface area contributed by atoms with E-state index in [9.17, 15) is 4.79 Å². The van der Waals surface area contributed by atoms with Crippen molar-refractivity contribution in [1.82, 2.24) is 0 Å². The topological polar surface area (TPSA) is 35.5 Å². The minimum atomic E-state index is -1.39. The number of ether oxygens (including phenoxy) is 2. The largest absolute Gasteiger partial charge is 0.459 e. The molecule has 1 aliphatic heterocycles. The molecule has 4 heteroatoms. The van der Waals surface area contributed by atoms with E-state index in [0.717, 1.165) is 17.5 Å². The summed E-state index contributed by atoms with van der Waals surface area (Å²) in [5.41, 5.74) is 5.46. The third kappa shape index (κ3) is 5.22. The summed E-state index contributed by atoms with van der Waals surface area (Å²) < 4.78 is 12.0. The van der Waals surface area contributed by atoms with Crippen LogP contribution in [0.5, 0.6) is 0 Å². The maximum absolute atomic E-state index is 11.6. The molecule has 2 rings (SSSR count). The zero-order valence-corrected chi connectivity index (χ0v) is 18.1. The monoisotopic (exact) mass is 372 g/mol. The normalized spacial score (nSPS) is 28.8. The van der Waals surface area contributed by atoms with E-state index in [-0.39, 0.29) is 30.2 Å². The summed E-state index contributed by atoms with van der Waals surface area (Å²) >= 11 is 0. The summed E-state index contributed by atoms with van der Waals surface area (Å²) in [5, 5.41) is 0. The molecule has 142 valence electrons. The van der Waals surface area contributed by atoms with Crippen LogP contribution in [0.1, 0.15) is 51.3 Å². The van der Waals surface area contributed by atoms with Crippen molar-refractivity contribution in [1.29, 1.82) is 0 Å². The lowest BCUT2D eigenvalue weighted by Gasteiger charge is -2.44. The van der Waals surface area contributed by atoms with E-state index in [1.165, 1.54) is 6.92 Å². The van der Waals surface area contributed by atoms with Gasteiger partial charge in [0.25, 0.3) is 0 Å². The molecule has 1 aromatic rings. The van der Waals surface area contributed by atoms with E-state index in [1.807, 2.05) is 12.1 Å². The summed E-state index contributed by atoms with van der Waals surface area (Å²) in [6.07, 6.45) is 0.639. The van der Waals surface area contributed by atoms with E-state index in [1.54, 1.807) is 0 Å². The van der Waals surface area contributed by atoms with Crippen LogP contribution >= 0.6 is 0 Å². The van der Waals surface area contributed by atoms with Gasteiger partial charge in [0.2, 0.25) is 0 Å². The van der Waals surface area contributed by atoms with Gasteiger partial charge in [-0.3, -0.25) is 4.79 Å². The molecule has 1 aliphatic rings. The number of carbonyl (C=O) groups is 1. The third-order valence-electron chi connectivity index (χ3n) is 5.08. The molecule has 0 unspecified atom stereocenters. The molecular formula is C22H32O3Si. The highest BCUT2D eigenvalue weighted by molar-refractivity contribution is 6.83. The standard InChI is InChI=1S/C22H32O3Si/c1-8-20-15(2)16(3)21(24-17(4)23)22(25-20)19-11-9-18(10-12-19)13-14-26(5,6)7/h9-12,15-16,20-22H,8H2,1-7H3/t15-,16-,20+,21-,22+/m0/s1. The molecule has 0 amide bonds. The fourth-order valence-electron chi connectivity index (χ4n) is 3.42. The molecule has 26 heavy (non-hydrogen) atoms. The average Bonchev–Trinajstić information content (AvgIpc) is 2.57. The van der Waals surface area contributed by atoms with Gasteiger partial charge in [-0.25, -0.2) is 0 Å². The lowest BCUT2D eigenvalue weighted by molar-refractivity contribution is -0.196. The molecule has 0 bridgehead atoms. The quantitative estimate of drug-likeness (QED) is 0.427. The van der Waals surface area contributed by atoms with Gasteiger partial charge in [0, 0.05) is 18.4 Å². The van der Waals surface area contributed by atoms with E-state index in [4.69, 9.17) is 9.47 Å². The van der Waals surface area contributed by atoms with Crippen LogP contribution in [0, 0.1) is 23.3 Å². The number of benzene rings is 1. The molecular weight excluding hydrogens is 340 g/mol. The van der Waals surface area contributed by atoms with Crippen molar-refractivity contribution in [2.75, 3.05) is 0 Å². The maximum atomic E-state index is 11.6. The zero-order valence-electron chi connectivity index (χ0n) is 17.1. The van der Waals surface area contributed by atoms with Gasteiger partial charge >= 0.3 is 5.97 Å². The van der Waals surface area contributed by atoms with Crippen LogP contribution in [-0.4, -0.2) is 26.3 Å². The highest BCUT2D eigenvalue weighted by Crippen LogP contribution is 2.41. The lowest BCUT2D eigenvalue weighted by Crippen LogP contribution is -2.46. The Morgan fingerprint density at radius 1 is 1.15 bits per heavy atom. The highest BCUT2D eigenvalue weighted by Gasteiger charge is 2.43. The summed E-state index contributed by atoms with van der Waals surface area (Å²) in [4.78, 5) is 11.6. The predicted octanol–water partition coefficient (Wildman–Crippen LogP) is 4.97. The Hall–Kier alpha value is -1.57. The minimum Gasteiger partial charge on any atom is -0.459 e. The first-order valence-corrected chi connectivity index (χ1v) is 13.1. The summed E-state index contributed by atoms with van der Waals surface area (Å²) in [6.45, 7) is 14.7. The Labute approximate surface area is 159 Å². The van der Waals surface area contributed by atoms with Gasteiger partial charge in [-0.15, -0.1) is 5.54 Å². The number of hydrogen-bond acceptors (Lipinski definition) is 3. The zero-order chi connectivity index (χ0) is 19.5. The molecule has 0 aromatic heterocycles. The number of carbonyl (C=O) groups excluding carboxylic acids is 1. The first-order chi connectivity index (χ1) is 12.1. The summed E-state index contributed by atoms with van der Waals surface area (Å²) in [6, 6.07) is 8.20. The number of rotatable bonds is 3. The van der Waals surface area contributed by atoms with Gasteiger partial charge in [-0.2, -0.15) is 0 Å². The van der Waals surface area contributed by atoms with Crippen molar-refractivity contribution in [3.05, 3.63) is 35.4 Å². The van der Waals surface area contributed by atoms with Crippen LogP contribution in [0.4, 0.5) is 0 Å². The molecule has 1 saturated heterocycles. The van der Waals surface area contributed by atoms with Crippen LogP contribution in [0.15, 0.2) is 24.3 Å². The predicted molar refractivity (Wildman–Crippen MR) is 108 cm³/mol. The van der Waals surface area contributed by atoms with Crippen molar-refractivity contribution in [3.63, 3.8) is 0 Å². The Kier molecular flexibility index (Phi) is 6.71. The minimum absolute atomic E-state index is 0.174. The first kappa shape index (κ1) is 20.7. The van der Waals surface area contributed by atoms with Gasteiger partial charge < -0.3 is 9.47 Å². The fourth-order valence-corrected chi connectivity index (χ4v) is 3.94. The third-order valence-corrected chi connectivity index (χ3v) is 5.95. The molecule has 1 fully saturated rings. The van der Waals surface area contributed by atoms with E-state index in [2.05, 4.69) is 64.0 Å². The van der Waals surface area contributed by atoms with E-state index >= 15 is 0 Å². The number of hydrogen-bond donors (Lipinski definition) is 0. The maximum Gasteiger partial charge on any atom is 0.303 e. The van der Waals surface area contributed by atoms with Crippen LogP contribution < -0.4 is 0 Å². The van der Waals surface area contributed by atoms with Crippen molar-refractivity contribution in [2.45, 2.75) is 72.1 Å². The smallest absolute Gasteiger partial charge is 0.303 e. The number of esters is 1. The molecule has 3 nitrogen and oxygen atoms in total. The molecule has 0 saturated carbocycles. The molecule has 1 aromatic carbocycles. The lowest BCUT2D eigenvalue weighted by atomic mass is 9.79.